The number of amides is 1. The number of benzene rings is 1. The first-order chi connectivity index (χ1) is 10.0. The maximum Gasteiger partial charge on any atom is 0.307 e. The van der Waals surface area contributed by atoms with Crippen molar-refractivity contribution in [1.82, 2.24) is 4.98 Å². The summed E-state index contributed by atoms with van der Waals surface area (Å²) in [4.78, 5) is 25.7. The molecule has 1 heterocycles. The summed E-state index contributed by atoms with van der Waals surface area (Å²) in [5.74, 6) is -0.986. The van der Waals surface area contributed by atoms with E-state index in [2.05, 4.69) is 10.3 Å². The molecule has 1 aromatic heterocycles. The van der Waals surface area contributed by atoms with Crippen LogP contribution in [0.3, 0.4) is 0 Å². The number of hydrogen-bond donors (Lipinski definition) is 2. The molecule has 0 aliphatic carbocycles. The lowest BCUT2D eigenvalue weighted by Crippen LogP contribution is -2.04. The van der Waals surface area contributed by atoms with Crippen molar-refractivity contribution in [2.24, 2.45) is 0 Å². The van der Waals surface area contributed by atoms with Crippen LogP contribution in [0.1, 0.15) is 23.7 Å². The van der Waals surface area contributed by atoms with Crippen LogP contribution >= 0.6 is 11.3 Å². The van der Waals surface area contributed by atoms with Crippen LogP contribution in [0.2, 0.25) is 0 Å². The minimum Gasteiger partial charge on any atom is -0.481 e. The van der Waals surface area contributed by atoms with E-state index in [-0.39, 0.29) is 12.3 Å². The van der Waals surface area contributed by atoms with Crippen LogP contribution in [-0.2, 0) is 16.0 Å². The molecule has 0 unspecified atom stereocenters. The summed E-state index contributed by atoms with van der Waals surface area (Å²) in [6, 6.07) is 7.29. The fourth-order valence-corrected chi connectivity index (χ4v) is 2.40. The van der Waals surface area contributed by atoms with Gasteiger partial charge in [0.25, 0.3) is 0 Å². The molecular formula is C15H14N2O3S. The summed E-state index contributed by atoms with van der Waals surface area (Å²) in [5, 5.41) is 13.7. The standard InChI is InChI=1S/C15H14N2O3S/c1-10(18)16-15-17-13(9-21-15)7-6-11-2-4-12(5-3-11)8-14(19)20/h2-7,9H,8H2,1H3,(H,19,20)(H,16,17,18). The maximum atomic E-state index is 10.9. The summed E-state index contributed by atoms with van der Waals surface area (Å²) in [5.41, 5.74) is 2.48. The molecule has 1 aromatic carbocycles. The fourth-order valence-electron chi connectivity index (χ4n) is 1.67. The van der Waals surface area contributed by atoms with E-state index >= 15 is 0 Å². The van der Waals surface area contributed by atoms with E-state index < -0.39 is 5.97 Å². The van der Waals surface area contributed by atoms with Crippen molar-refractivity contribution < 1.29 is 14.7 Å². The molecule has 0 atom stereocenters. The Labute approximate surface area is 126 Å². The number of carbonyl (C=O) groups excluding carboxylic acids is 1. The molecular weight excluding hydrogens is 288 g/mol. The maximum absolute atomic E-state index is 10.9. The van der Waals surface area contributed by atoms with Gasteiger partial charge in [0, 0.05) is 12.3 Å². The van der Waals surface area contributed by atoms with Crippen molar-refractivity contribution in [3.05, 3.63) is 46.5 Å². The Balaban J connectivity index is 2.01. The smallest absolute Gasteiger partial charge is 0.307 e. The Morgan fingerprint density at radius 1 is 1.29 bits per heavy atom. The van der Waals surface area contributed by atoms with Crippen LogP contribution in [0.25, 0.3) is 12.2 Å². The predicted octanol–water partition coefficient (Wildman–Crippen LogP) is 2.90. The van der Waals surface area contributed by atoms with E-state index in [0.29, 0.717) is 5.13 Å². The van der Waals surface area contributed by atoms with Crippen molar-refractivity contribution in [3.63, 3.8) is 0 Å². The summed E-state index contributed by atoms with van der Waals surface area (Å²) < 4.78 is 0. The van der Waals surface area contributed by atoms with Gasteiger partial charge >= 0.3 is 5.97 Å². The van der Waals surface area contributed by atoms with Gasteiger partial charge in [-0.1, -0.05) is 30.3 Å². The number of rotatable bonds is 5. The highest BCUT2D eigenvalue weighted by molar-refractivity contribution is 7.14. The van der Waals surface area contributed by atoms with Gasteiger partial charge < -0.3 is 10.4 Å². The predicted molar refractivity (Wildman–Crippen MR) is 83.1 cm³/mol. The summed E-state index contributed by atoms with van der Waals surface area (Å²) >= 11 is 1.36. The largest absolute Gasteiger partial charge is 0.481 e. The van der Waals surface area contributed by atoms with Gasteiger partial charge in [-0.2, -0.15) is 0 Å². The Kier molecular flexibility index (Phi) is 4.84. The number of carboxylic acid groups (broad SMARTS) is 1. The van der Waals surface area contributed by atoms with Gasteiger partial charge in [0.1, 0.15) is 0 Å². The van der Waals surface area contributed by atoms with E-state index in [9.17, 15) is 9.59 Å². The zero-order chi connectivity index (χ0) is 15.2. The average Bonchev–Trinajstić information content (AvgIpc) is 2.84. The third kappa shape index (κ3) is 4.85. The fraction of sp³-hybridized carbons (Fsp3) is 0.133. The number of thiazole rings is 1. The Bertz CT molecular complexity index is 674. The highest BCUT2D eigenvalue weighted by Gasteiger charge is 2.01. The molecule has 0 saturated heterocycles. The molecule has 0 bridgehead atoms. The molecule has 6 heteroatoms. The number of carboxylic acids is 1. The number of nitrogens with zero attached hydrogens (tertiary/aromatic N) is 1. The molecule has 1 amide bonds. The topological polar surface area (TPSA) is 79.3 Å². The molecule has 108 valence electrons. The second-order valence-corrected chi connectivity index (χ2v) is 5.26. The minimum atomic E-state index is -0.841. The van der Waals surface area contributed by atoms with Crippen LogP contribution in [0.4, 0.5) is 5.13 Å². The zero-order valence-corrected chi connectivity index (χ0v) is 12.2. The molecule has 0 fully saturated rings. The molecule has 0 spiro atoms. The Morgan fingerprint density at radius 2 is 2.00 bits per heavy atom. The van der Waals surface area contributed by atoms with Crippen molar-refractivity contribution in [3.8, 4) is 0 Å². The highest BCUT2D eigenvalue weighted by Crippen LogP contribution is 2.17. The lowest BCUT2D eigenvalue weighted by molar-refractivity contribution is -0.136. The van der Waals surface area contributed by atoms with E-state index in [1.165, 1.54) is 18.3 Å². The Morgan fingerprint density at radius 3 is 2.62 bits per heavy atom. The molecule has 2 rings (SSSR count). The SMILES string of the molecule is CC(=O)Nc1nc(C=Cc2ccc(CC(=O)O)cc2)cs1. The third-order valence-corrected chi connectivity index (χ3v) is 3.36. The monoisotopic (exact) mass is 302 g/mol. The van der Waals surface area contributed by atoms with E-state index in [1.54, 1.807) is 12.1 Å². The van der Waals surface area contributed by atoms with E-state index in [1.807, 2.05) is 29.7 Å². The van der Waals surface area contributed by atoms with Crippen molar-refractivity contribution in [1.29, 1.82) is 0 Å². The molecule has 5 nitrogen and oxygen atoms in total. The quantitative estimate of drug-likeness (QED) is 0.890. The number of hydrogen-bond acceptors (Lipinski definition) is 4. The van der Waals surface area contributed by atoms with Crippen LogP contribution in [0.5, 0.6) is 0 Å². The second kappa shape index (κ2) is 6.81. The normalized spacial score (nSPS) is 10.7. The van der Waals surface area contributed by atoms with Gasteiger partial charge in [-0.3, -0.25) is 9.59 Å². The summed E-state index contributed by atoms with van der Waals surface area (Å²) in [7, 11) is 0. The molecule has 2 aromatic rings. The number of aromatic nitrogens is 1. The van der Waals surface area contributed by atoms with Gasteiger partial charge in [0.2, 0.25) is 5.91 Å². The van der Waals surface area contributed by atoms with Crippen LogP contribution < -0.4 is 5.32 Å². The van der Waals surface area contributed by atoms with Crippen LogP contribution in [0, 0.1) is 0 Å². The molecule has 0 aliphatic rings. The van der Waals surface area contributed by atoms with Crippen molar-refractivity contribution in [2.45, 2.75) is 13.3 Å². The van der Waals surface area contributed by atoms with Crippen LogP contribution in [0.15, 0.2) is 29.6 Å². The number of anilines is 1. The molecule has 0 aliphatic heterocycles. The van der Waals surface area contributed by atoms with Crippen LogP contribution in [-0.4, -0.2) is 22.0 Å². The number of nitrogens with one attached hydrogen (secondary N) is 1. The molecule has 0 radical (unpaired) electrons. The molecule has 0 saturated carbocycles. The molecule has 21 heavy (non-hydrogen) atoms. The first-order valence-corrected chi connectivity index (χ1v) is 7.13. The minimum absolute atomic E-state index is 0.0240. The van der Waals surface area contributed by atoms with Crippen molar-refractivity contribution >= 4 is 40.5 Å². The first-order valence-electron chi connectivity index (χ1n) is 6.25. The number of aliphatic carboxylic acids is 1. The van der Waals surface area contributed by atoms with E-state index in [0.717, 1.165) is 16.8 Å². The van der Waals surface area contributed by atoms with Gasteiger partial charge in [0.05, 0.1) is 12.1 Å². The lowest BCUT2D eigenvalue weighted by Gasteiger charge is -1.97. The highest BCUT2D eigenvalue weighted by atomic mass is 32.1. The van der Waals surface area contributed by atoms with Gasteiger partial charge in [-0.05, 0) is 17.2 Å². The summed E-state index contributed by atoms with van der Waals surface area (Å²) in [6.07, 6.45) is 3.75. The average molecular weight is 302 g/mol. The van der Waals surface area contributed by atoms with Gasteiger partial charge in [0.15, 0.2) is 5.13 Å². The van der Waals surface area contributed by atoms with Crippen molar-refractivity contribution in [2.75, 3.05) is 5.32 Å². The molecule has 2 N–H and O–H groups in total. The summed E-state index contributed by atoms with van der Waals surface area (Å²) in [6.45, 7) is 1.44. The number of carbonyl (C=O) groups is 2. The second-order valence-electron chi connectivity index (χ2n) is 4.40. The van der Waals surface area contributed by atoms with E-state index in [4.69, 9.17) is 5.11 Å². The first kappa shape index (κ1) is 14.9. The van der Waals surface area contributed by atoms with Gasteiger partial charge in [-0.25, -0.2) is 4.98 Å². The lowest BCUT2D eigenvalue weighted by atomic mass is 10.1. The Hall–Kier alpha value is -2.47. The zero-order valence-electron chi connectivity index (χ0n) is 11.4. The van der Waals surface area contributed by atoms with Gasteiger partial charge in [-0.15, -0.1) is 11.3 Å². The third-order valence-electron chi connectivity index (χ3n) is 2.59.